The summed E-state index contributed by atoms with van der Waals surface area (Å²) in [6.45, 7) is 0.160. The molecule has 164 valence electrons. The molecular weight excluding hydrogens is 421 g/mol. The van der Waals surface area contributed by atoms with E-state index in [2.05, 4.69) is 20.4 Å². The van der Waals surface area contributed by atoms with Gasteiger partial charge in [-0.3, -0.25) is 4.99 Å². The number of guanidine groups is 1. The molecule has 0 radical (unpaired) electrons. The number of hydrogen-bond acceptors (Lipinski definition) is 4. The molecule has 11 heteroatoms. The van der Waals surface area contributed by atoms with Gasteiger partial charge >= 0.3 is 6.36 Å². The molecule has 0 atom stereocenters. The molecule has 2 N–H and O–H groups in total. The fraction of sp³-hybridized carbons (Fsp3) is 0.316. The average Bonchev–Trinajstić information content (AvgIpc) is 2.68. The van der Waals surface area contributed by atoms with Gasteiger partial charge in [0.1, 0.15) is 5.75 Å². The Balaban J connectivity index is 2.08. The summed E-state index contributed by atoms with van der Waals surface area (Å²) in [6, 6.07) is 12.3. The number of benzene rings is 2. The van der Waals surface area contributed by atoms with Gasteiger partial charge in [0.2, 0.25) is 10.0 Å². The highest BCUT2D eigenvalue weighted by Crippen LogP contribution is 2.26. The van der Waals surface area contributed by atoms with E-state index in [1.165, 1.54) is 45.4 Å². The second-order valence-corrected chi connectivity index (χ2v) is 8.45. The van der Waals surface area contributed by atoms with Crippen molar-refractivity contribution in [1.29, 1.82) is 0 Å². The van der Waals surface area contributed by atoms with Crippen LogP contribution in [0.25, 0.3) is 0 Å². The van der Waals surface area contributed by atoms with Gasteiger partial charge in [0.05, 0.1) is 4.90 Å². The predicted molar refractivity (Wildman–Crippen MR) is 107 cm³/mol. The van der Waals surface area contributed by atoms with E-state index < -0.39 is 16.4 Å². The Hall–Kier alpha value is -2.79. The highest BCUT2D eigenvalue weighted by molar-refractivity contribution is 7.89. The molecule has 0 saturated heterocycles. The van der Waals surface area contributed by atoms with Crippen LogP contribution in [-0.4, -0.2) is 46.2 Å². The van der Waals surface area contributed by atoms with E-state index in [0.29, 0.717) is 5.56 Å². The van der Waals surface area contributed by atoms with E-state index in [1.54, 1.807) is 24.3 Å². The average molecular weight is 444 g/mol. The molecule has 0 aliphatic carbocycles. The SMILES string of the molecule is CN=C(NCc1ccccc1OC(F)(F)F)NCc1ccccc1S(=O)(=O)N(C)C. The quantitative estimate of drug-likeness (QED) is 0.507. The Morgan fingerprint density at radius 3 is 2.10 bits per heavy atom. The second-order valence-electron chi connectivity index (χ2n) is 6.33. The second kappa shape index (κ2) is 9.81. The summed E-state index contributed by atoms with van der Waals surface area (Å²) in [5.41, 5.74) is 0.809. The third-order valence-corrected chi connectivity index (χ3v) is 5.96. The van der Waals surface area contributed by atoms with Crippen molar-refractivity contribution in [1.82, 2.24) is 14.9 Å². The van der Waals surface area contributed by atoms with E-state index in [0.717, 1.165) is 4.31 Å². The van der Waals surface area contributed by atoms with Crippen LogP contribution >= 0.6 is 0 Å². The number of ether oxygens (including phenoxy) is 1. The van der Waals surface area contributed by atoms with E-state index in [4.69, 9.17) is 0 Å². The van der Waals surface area contributed by atoms with Crippen molar-refractivity contribution >= 4 is 16.0 Å². The van der Waals surface area contributed by atoms with Crippen LogP contribution in [-0.2, 0) is 23.1 Å². The largest absolute Gasteiger partial charge is 0.573 e. The maximum absolute atomic E-state index is 12.6. The molecule has 2 aromatic rings. The Labute approximate surface area is 173 Å². The minimum atomic E-state index is -4.79. The van der Waals surface area contributed by atoms with Gasteiger partial charge in [-0.2, -0.15) is 0 Å². The summed E-state index contributed by atoms with van der Waals surface area (Å²) in [5.74, 6) is -0.0239. The van der Waals surface area contributed by atoms with Crippen molar-refractivity contribution in [2.45, 2.75) is 24.3 Å². The van der Waals surface area contributed by atoms with Gasteiger partial charge in [0, 0.05) is 39.8 Å². The van der Waals surface area contributed by atoms with Gasteiger partial charge < -0.3 is 15.4 Å². The fourth-order valence-electron chi connectivity index (χ4n) is 2.55. The van der Waals surface area contributed by atoms with Crippen LogP contribution < -0.4 is 15.4 Å². The molecule has 0 aromatic heterocycles. The first-order valence-electron chi connectivity index (χ1n) is 8.83. The van der Waals surface area contributed by atoms with Crippen LogP contribution in [0.1, 0.15) is 11.1 Å². The van der Waals surface area contributed by atoms with Gasteiger partial charge in [0.25, 0.3) is 0 Å². The van der Waals surface area contributed by atoms with Crippen molar-refractivity contribution in [3.8, 4) is 5.75 Å². The summed E-state index contributed by atoms with van der Waals surface area (Å²) in [6.07, 6.45) is -4.79. The number of alkyl halides is 3. The lowest BCUT2D eigenvalue weighted by Gasteiger charge is -2.17. The standard InChI is InChI=1S/C19H23F3N4O3S/c1-23-18(24-12-14-8-4-6-10-16(14)29-19(20,21)22)25-13-15-9-5-7-11-17(15)30(27,28)26(2)3/h4-11H,12-13H2,1-3H3,(H2,23,24,25). The Kier molecular flexibility index (Phi) is 7.68. The number of nitrogens with zero attached hydrogens (tertiary/aromatic N) is 2. The fourth-order valence-corrected chi connectivity index (χ4v) is 3.67. The highest BCUT2D eigenvalue weighted by atomic mass is 32.2. The number of para-hydroxylation sites is 1. The maximum atomic E-state index is 12.6. The predicted octanol–water partition coefficient (Wildman–Crippen LogP) is 2.70. The first-order chi connectivity index (χ1) is 14.0. The van der Waals surface area contributed by atoms with Gasteiger partial charge in [-0.25, -0.2) is 12.7 Å². The molecule has 2 rings (SSSR count). The lowest BCUT2D eigenvalue weighted by molar-refractivity contribution is -0.274. The van der Waals surface area contributed by atoms with E-state index in [1.807, 2.05) is 0 Å². The molecular formula is C19H23F3N4O3S. The number of sulfonamides is 1. The van der Waals surface area contributed by atoms with Crippen molar-refractivity contribution < 1.29 is 26.3 Å². The monoisotopic (exact) mass is 444 g/mol. The van der Waals surface area contributed by atoms with Crippen molar-refractivity contribution in [3.63, 3.8) is 0 Å². The summed E-state index contributed by atoms with van der Waals surface area (Å²) < 4.78 is 67.8. The molecule has 0 amide bonds. The molecule has 0 fully saturated rings. The van der Waals surface area contributed by atoms with Gasteiger partial charge in [0.15, 0.2) is 5.96 Å². The molecule has 0 aliphatic heterocycles. The zero-order valence-corrected chi connectivity index (χ0v) is 17.5. The number of rotatable bonds is 7. The number of aliphatic imine (C=N–C) groups is 1. The van der Waals surface area contributed by atoms with Crippen LogP contribution in [0.3, 0.4) is 0 Å². The van der Waals surface area contributed by atoms with Crippen LogP contribution in [0.5, 0.6) is 5.75 Å². The number of nitrogens with one attached hydrogen (secondary N) is 2. The minimum Gasteiger partial charge on any atom is -0.405 e. The molecule has 30 heavy (non-hydrogen) atoms. The van der Waals surface area contributed by atoms with E-state index in [-0.39, 0.29) is 35.3 Å². The van der Waals surface area contributed by atoms with Gasteiger partial charge in [-0.1, -0.05) is 36.4 Å². The van der Waals surface area contributed by atoms with Crippen LogP contribution in [0.15, 0.2) is 58.4 Å². The summed E-state index contributed by atoms with van der Waals surface area (Å²) >= 11 is 0. The smallest absolute Gasteiger partial charge is 0.405 e. The van der Waals surface area contributed by atoms with Crippen LogP contribution in [0.2, 0.25) is 0 Å². The van der Waals surface area contributed by atoms with Crippen LogP contribution in [0.4, 0.5) is 13.2 Å². The minimum absolute atomic E-state index is 0.0174. The van der Waals surface area contributed by atoms with E-state index >= 15 is 0 Å². The van der Waals surface area contributed by atoms with Gasteiger partial charge in [-0.15, -0.1) is 13.2 Å². The van der Waals surface area contributed by atoms with Crippen molar-refractivity contribution in [3.05, 3.63) is 59.7 Å². The molecule has 2 aromatic carbocycles. The molecule has 7 nitrogen and oxygen atoms in total. The zero-order chi connectivity index (χ0) is 22.4. The Morgan fingerprint density at radius 2 is 1.53 bits per heavy atom. The first kappa shape index (κ1) is 23.5. The highest BCUT2D eigenvalue weighted by Gasteiger charge is 2.32. The van der Waals surface area contributed by atoms with Crippen LogP contribution in [0, 0.1) is 0 Å². The Morgan fingerprint density at radius 1 is 1.00 bits per heavy atom. The molecule has 0 saturated carbocycles. The topological polar surface area (TPSA) is 83.0 Å². The van der Waals surface area contributed by atoms with Crippen molar-refractivity contribution in [2.75, 3.05) is 21.1 Å². The first-order valence-corrected chi connectivity index (χ1v) is 10.3. The number of hydrogen-bond donors (Lipinski definition) is 2. The van der Waals surface area contributed by atoms with Gasteiger partial charge in [-0.05, 0) is 17.7 Å². The molecule has 0 unspecified atom stereocenters. The lowest BCUT2D eigenvalue weighted by atomic mass is 10.2. The third-order valence-electron chi connectivity index (χ3n) is 4.05. The zero-order valence-electron chi connectivity index (χ0n) is 16.7. The number of halogens is 3. The maximum Gasteiger partial charge on any atom is 0.573 e. The molecule has 0 heterocycles. The summed E-state index contributed by atoms with van der Waals surface area (Å²) in [7, 11) is 0.755. The third kappa shape index (κ3) is 6.36. The summed E-state index contributed by atoms with van der Waals surface area (Å²) in [5, 5.41) is 5.86. The normalized spacial score (nSPS) is 12.7. The summed E-state index contributed by atoms with van der Waals surface area (Å²) in [4.78, 5) is 4.18. The molecule has 0 bridgehead atoms. The lowest BCUT2D eigenvalue weighted by Crippen LogP contribution is -2.37. The molecule has 0 spiro atoms. The van der Waals surface area contributed by atoms with Crippen molar-refractivity contribution in [2.24, 2.45) is 4.99 Å². The molecule has 0 aliphatic rings. The Bertz CT molecular complexity index is 993. The van der Waals surface area contributed by atoms with E-state index in [9.17, 15) is 21.6 Å².